The van der Waals surface area contributed by atoms with Crippen molar-refractivity contribution in [2.75, 3.05) is 20.7 Å². The molecule has 0 spiro atoms. The largest absolute Gasteiger partial charge is 0.508 e. The molecule has 6 heteroatoms. The first kappa shape index (κ1) is 17.5. The fraction of sp³-hybridized carbons (Fsp3) is 0.200. The molecule has 0 radical (unpaired) electrons. The van der Waals surface area contributed by atoms with Crippen LogP contribution in [0, 0.1) is 0 Å². The van der Waals surface area contributed by atoms with Gasteiger partial charge in [-0.15, -0.1) is 0 Å². The van der Waals surface area contributed by atoms with Gasteiger partial charge in [0.25, 0.3) is 5.91 Å². The van der Waals surface area contributed by atoms with Crippen molar-refractivity contribution < 1.29 is 14.6 Å². The van der Waals surface area contributed by atoms with Gasteiger partial charge in [-0.05, 0) is 55.5 Å². The molecule has 1 amide bonds. The SMILES string of the molecule is CCN(C)C(=O)c1cn(-c2ccc(O)cc2)c(-c2ccc(OC)cc2)n1. The summed E-state index contributed by atoms with van der Waals surface area (Å²) in [6.45, 7) is 2.52. The third kappa shape index (κ3) is 3.39. The predicted molar refractivity (Wildman–Crippen MR) is 99.9 cm³/mol. The first-order valence-corrected chi connectivity index (χ1v) is 8.32. The Hall–Kier alpha value is -3.28. The quantitative estimate of drug-likeness (QED) is 0.765. The smallest absolute Gasteiger partial charge is 0.273 e. The molecule has 0 aliphatic carbocycles. The van der Waals surface area contributed by atoms with Crippen molar-refractivity contribution in [3.8, 4) is 28.6 Å². The van der Waals surface area contributed by atoms with E-state index in [9.17, 15) is 9.90 Å². The molecule has 0 atom stereocenters. The van der Waals surface area contributed by atoms with Gasteiger partial charge in [-0.3, -0.25) is 9.36 Å². The Bertz CT molecular complexity index is 899. The van der Waals surface area contributed by atoms with Crippen LogP contribution in [0.15, 0.2) is 54.7 Å². The van der Waals surface area contributed by atoms with Gasteiger partial charge in [0, 0.05) is 31.0 Å². The summed E-state index contributed by atoms with van der Waals surface area (Å²) in [7, 11) is 3.36. The minimum absolute atomic E-state index is 0.139. The Morgan fingerprint density at radius 2 is 1.81 bits per heavy atom. The topological polar surface area (TPSA) is 67.6 Å². The highest BCUT2D eigenvalue weighted by Crippen LogP contribution is 2.26. The number of aromatic hydroxyl groups is 1. The van der Waals surface area contributed by atoms with Crippen molar-refractivity contribution in [3.05, 3.63) is 60.4 Å². The van der Waals surface area contributed by atoms with Crippen LogP contribution in [-0.4, -0.2) is 46.2 Å². The maximum atomic E-state index is 12.5. The molecule has 0 saturated carbocycles. The normalized spacial score (nSPS) is 10.6. The van der Waals surface area contributed by atoms with Crippen LogP contribution >= 0.6 is 0 Å². The molecule has 0 bridgehead atoms. The second-order valence-corrected chi connectivity index (χ2v) is 5.88. The maximum Gasteiger partial charge on any atom is 0.273 e. The Morgan fingerprint density at radius 1 is 1.15 bits per heavy atom. The summed E-state index contributed by atoms with van der Waals surface area (Å²) in [5, 5.41) is 9.55. The number of ether oxygens (including phenoxy) is 1. The third-order valence-corrected chi connectivity index (χ3v) is 4.22. The highest BCUT2D eigenvalue weighted by atomic mass is 16.5. The summed E-state index contributed by atoms with van der Waals surface area (Å²) in [5.41, 5.74) is 2.03. The van der Waals surface area contributed by atoms with Gasteiger partial charge < -0.3 is 14.7 Å². The Morgan fingerprint density at radius 3 is 2.38 bits per heavy atom. The van der Waals surface area contributed by atoms with E-state index in [2.05, 4.69) is 4.98 Å². The number of imidazole rings is 1. The predicted octanol–water partition coefficient (Wildman–Crippen LogP) is 3.35. The highest BCUT2D eigenvalue weighted by Gasteiger charge is 2.19. The number of amides is 1. The summed E-state index contributed by atoms with van der Waals surface area (Å²) in [4.78, 5) is 18.7. The second-order valence-electron chi connectivity index (χ2n) is 5.88. The highest BCUT2D eigenvalue weighted by molar-refractivity contribution is 5.92. The number of hydrogen-bond donors (Lipinski definition) is 1. The number of methoxy groups -OCH3 is 1. The molecule has 2 aromatic carbocycles. The lowest BCUT2D eigenvalue weighted by Gasteiger charge is -2.11. The van der Waals surface area contributed by atoms with Crippen LogP contribution in [0.2, 0.25) is 0 Å². The van der Waals surface area contributed by atoms with Crippen LogP contribution in [0.25, 0.3) is 17.1 Å². The third-order valence-electron chi connectivity index (χ3n) is 4.22. The van der Waals surface area contributed by atoms with E-state index in [-0.39, 0.29) is 11.7 Å². The summed E-state index contributed by atoms with van der Waals surface area (Å²) in [6, 6.07) is 14.3. The minimum Gasteiger partial charge on any atom is -0.508 e. The molecule has 0 aliphatic rings. The van der Waals surface area contributed by atoms with Crippen molar-refractivity contribution in [3.63, 3.8) is 0 Å². The molecule has 0 aliphatic heterocycles. The van der Waals surface area contributed by atoms with E-state index in [1.165, 1.54) is 0 Å². The molecule has 0 fully saturated rings. The number of phenols is 1. The van der Waals surface area contributed by atoms with Crippen LogP contribution in [0.5, 0.6) is 11.5 Å². The molecule has 0 unspecified atom stereocenters. The molecule has 6 nitrogen and oxygen atoms in total. The number of nitrogens with zero attached hydrogens (tertiary/aromatic N) is 3. The second kappa shape index (κ2) is 7.31. The first-order valence-electron chi connectivity index (χ1n) is 8.32. The first-order chi connectivity index (χ1) is 12.5. The molecule has 1 heterocycles. The van der Waals surface area contributed by atoms with E-state index >= 15 is 0 Å². The van der Waals surface area contributed by atoms with E-state index < -0.39 is 0 Å². The Labute approximate surface area is 152 Å². The van der Waals surface area contributed by atoms with Crippen LogP contribution in [0.4, 0.5) is 0 Å². The van der Waals surface area contributed by atoms with Crippen molar-refractivity contribution in [1.29, 1.82) is 0 Å². The molecule has 0 saturated heterocycles. The van der Waals surface area contributed by atoms with Gasteiger partial charge in [-0.25, -0.2) is 4.98 Å². The number of benzene rings is 2. The van der Waals surface area contributed by atoms with Gasteiger partial charge in [0.05, 0.1) is 7.11 Å². The zero-order chi connectivity index (χ0) is 18.7. The molecular formula is C20H21N3O3. The monoisotopic (exact) mass is 351 g/mol. The van der Waals surface area contributed by atoms with Crippen molar-refractivity contribution in [1.82, 2.24) is 14.5 Å². The minimum atomic E-state index is -0.139. The summed E-state index contributed by atoms with van der Waals surface area (Å²) < 4.78 is 7.05. The standard InChI is InChI=1S/C20H21N3O3/c1-4-22(2)20(25)18-13-23(15-7-9-16(24)10-8-15)19(21-18)14-5-11-17(26-3)12-6-14/h5-13,24H,4H2,1-3H3. The summed E-state index contributed by atoms with van der Waals surface area (Å²) in [5.74, 6) is 1.44. The van der Waals surface area contributed by atoms with Crippen LogP contribution < -0.4 is 4.74 Å². The van der Waals surface area contributed by atoms with E-state index in [0.29, 0.717) is 18.1 Å². The molecule has 3 aromatic rings. The average molecular weight is 351 g/mol. The van der Waals surface area contributed by atoms with Crippen LogP contribution in [0.1, 0.15) is 17.4 Å². The summed E-state index contributed by atoms with van der Waals surface area (Å²) >= 11 is 0. The molecule has 1 N–H and O–H groups in total. The molecule has 3 rings (SSSR count). The van der Waals surface area contributed by atoms with E-state index in [0.717, 1.165) is 17.0 Å². The fourth-order valence-electron chi connectivity index (χ4n) is 2.58. The maximum absolute atomic E-state index is 12.5. The van der Waals surface area contributed by atoms with Gasteiger partial charge >= 0.3 is 0 Å². The summed E-state index contributed by atoms with van der Waals surface area (Å²) in [6.07, 6.45) is 1.72. The van der Waals surface area contributed by atoms with Crippen molar-refractivity contribution in [2.45, 2.75) is 6.92 Å². The van der Waals surface area contributed by atoms with E-state index in [1.54, 1.807) is 49.5 Å². The lowest BCUT2D eigenvalue weighted by Crippen LogP contribution is -2.26. The van der Waals surface area contributed by atoms with Gasteiger partial charge in [0.15, 0.2) is 0 Å². The van der Waals surface area contributed by atoms with Gasteiger partial charge in [0.2, 0.25) is 0 Å². The average Bonchev–Trinajstić information content (AvgIpc) is 3.12. The molecule has 26 heavy (non-hydrogen) atoms. The lowest BCUT2D eigenvalue weighted by atomic mass is 10.2. The van der Waals surface area contributed by atoms with Crippen molar-refractivity contribution >= 4 is 5.91 Å². The lowest BCUT2D eigenvalue weighted by molar-refractivity contribution is 0.0797. The van der Waals surface area contributed by atoms with Crippen LogP contribution in [-0.2, 0) is 0 Å². The zero-order valence-corrected chi connectivity index (χ0v) is 15.0. The van der Waals surface area contributed by atoms with Gasteiger partial charge in [0.1, 0.15) is 23.0 Å². The number of carbonyl (C=O) groups is 1. The molecule has 134 valence electrons. The Kier molecular flexibility index (Phi) is 4.93. The van der Waals surface area contributed by atoms with Crippen LogP contribution in [0.3, 0.4) is 0 Å². The van der Waals surface area contributed by atoms with E-state index in [4.69, 9.17) is 4.74 Å². The van der Waals surface area contributed by atoms with Crippen molar-refractivity contribution in [2.24, 2.45) is 0 Å². The molecule has 1 aromatic heterocycles. The Balaban J connectivity index is 2.11. The number of hydrogen-bond acceptors (Lipinski definition) is 4. The molecular weight excluding hydrogens is 330 g/mol. The van der Waals surface area contributed by atoms with Gasteiger partial charge in [-0.1, -0.05) is 0 Å². The fourth-order valence-corrected chi connectivity index (χ4v) is 2.58. The number of phenolic OH excluding ortho intramolecular Hbond substituents is 1. The van der Waals surface area contributed by atoms with Gasteiger partial charge in [-0.2, -0.15) is 0 Å². The van der Waals surface area contributed by atoms with E-state index in [1.807, 2.05) is 35.8 Å². The number of aromatic nitrogens is 2. The zero-order valence-electron chi connectivity index (χ0n) is 15.0. The number of rotatable bonds is 5. The number of carbonyl (C=O) groups excluding carboxylic acids is 1.